The summed E-state index contributed by atoms with van der Waals surface area (Å²) in [6.07, 6.45) is -3.97. The fraction of sp³-hybridized carbons (Fsp3) is 0.353. The molecule has 1 amide bonds. The monoisotopic (exact) mass is 369 g/mol. The first kappa shape index (κ1) is 19.5. The van der Waals surface area contributed by atoms with E-state index in [-0.39, 0.29) is 18.0 Å². The molecule has 1 atom stereocenters. The number of rotatable bonds is 6. The van der Waals surface area contributed by atoms with Gasteiger partial charge in [-0.25, -0.2) is 9.48 Å². The number of halogens is 3. The third-order valence-electron chi connectivity index (χ3n) is 3.59. The molecule has 0 fully saturated rings. The molecule has 0 unspecified atom stereocenters. The Kier molecular flexibility index (Phi) is 5.69. The van der Waals surface area contributed by atoms with E-state index in [1.807, 2.05) is 0 Å². The molecule has 0 saturated carbocycles. The Morgan fingerprint density at radius 2 is 1.85 bits per heavy atom. The van der Waals surface area contributed by atoms with E-state index in [9.17, 15) is 27.9 Å². The molecule has 26 heavy (non-hydrogen) atoms. The maximum Gasteiger partial charge on any atom is 0.434 e. The Morgan fingerprint density at radius 1 is 1.23 bits per heavy atom. The van der Waals surface area contributed by atoms with Crippen molar-refractivity contribution in [1.29, 1.82) is 0 Å². The van der Waals surface area contributed by atoms with Crippen LogP contribution in [0.25, 0.3) is 5.69 Å². The average molecular weight is 369 g/mol. The molecule has 140 valence electrons. The molecule has 0 spiro atoms. The number of hydrogen-bond donors (Lipinski definition) is 2. The van der Waals surface area contributed by atoms with Gasteiger partial charge in [0.05, 0.1) is 17.4 Å². The molecular formula is C17H18F3N3O3. The van der Waals surface area contributed by atoms with Gasteiger partial charge in [0, 0.05) is 0 Å². The molecule has 0 saturated heterocycles. The number of amides is 1. The number of para-hydroxylation sites is 1. The zero-order valence-corrected chi connectivity index (χ0v) is 14.1. The summed E-state index contributed by atoms with van der Waals surface area (Å²) in [6.45, 7) is 3.49. The molecule has 0 bridgehead atoms. The van der Waals surface area contributed by atoms with Crippen LogP contribution in [0.5, 0.6) is 0 Å². The van der Waals surface area contributed by atoms with Crippen LogP contribution < -0.4 is 5.32 Å². The highest BCUT2D eigenvalue weighted by Gasteiger charge is 2.41. The predicted octanol–water partition coefficient (Wildman–Crippen LogP) is 3.12. The van der Waals surface area contributed by atoms with E-state index in [1.54, 1.807) is 32.0 Å². The third-order valence-corrected chi connectivity index (χ3v) is 3.59. The summed E-state index contributed by atoms with van der Waals surface area (Å²) in [5.41, 5.74) is -1.85. The predicted molar refractivity (Wildman–Crippen MR) is 86.9 cm³/mol. The number of benzene rings is 1. The first-order valence-corrected chi connectivity index (χ1v) is 7.85. The van der Waals surface area contributed by atoms with Gasteiger partial charge in [0.25, 0.3) is 5.91 Å². The van der Waals surface area contributed by atoms with Crippen LogP contribution in [0, 0.1) is 5.92 Å². The molecule has 1 aromatic carbocycles. The van der Waals surface area contributed by atoms with Crippen LogP contribution in [0.3, 0.4) is 0 Å². The number of carbonyl (C=O) groups excluding carboxylic acids is 1. The smallest absolute Gasteiger partial charge is 0.434 e. The first-order chi connectivity index (χ1) is 12.1. The highest BCUT2D eigenvalue weighted by Crippen LogP contribution is 2.33. The number of aliphatic carboxylic acids is 1. The van der Waals surface area contributed by atoms with Crippen LogP contribution in [0.1, 0.15) is 36.3 Å². The van der Waals surface area contributed by atoms with Crippen LogP contribution in [0.2, 0.25) is 0 Å². The molecule has 2 aromatic rings. The van der Waals surface area contributed by atoms with Crippen molar-refractivity contribution >= 4 is 11.9 Å². The third kappa shape index (κ3) is 4.41. The van der Waals surface area contributed by atoms with Crippen molar-refractivity contribution in [3.05, 3.63) is 47.8 Å². The van der Waals surface area contributed by atoms with Gasteiger partial charge < -0.3 is 10.4 Å². The van der Waals surface area contributed by atoms with Crippen LogP contribution in [-0.4, -0.2) is 32.8 Å². The summed E-state index contributed by atoms with van der Waals surface area (Å²) in [5, 5.41) is 15.0. The lowest BCUT2D eigenvalue weighted by Gasteiger charge is -2.17. The van der Waals surface area contributed by atoms with E-state index in [4.69, 9.17) is 0 Å². The molecule has 2 N–H and O–H groups in total. The lowest BCUT2D eigenvalue weighted by molar-refractivity contribution is -0.143. The number of carbonyl (C=O) groups is 2. The summed E-state index contributed by atoms with van der Waals surface area (Å²) < 4.78 is 41.2. The summed E-state index contributed by atoms with van der Waals surface area (Å²) >= 11 is 0. The largest absolute Gasteiger partial charge is 0.480 e. The standard InChI is InChI=1S/C17H18F3N3O3/c1-10(2)8-13(16(25)26)22-15(24)12-9-21-23(14(12)17(18,19)20)11-6-4-3-5-7-11/h3-7,9-10,13H,8H2,1-2H3,(H,22,24)(H,25,26)/t13-/m1/s1. The van der Waals surface area contributed by atoms with E-state index in [0.29, 0.717) is 4.68 Å². The van der Waals surface area contributed by atoms with Gasteiger partial charge in [0.15, 0.2) is 5.69 Å². The van der Waals surface area contributed by atoms with Gasteiger partial charge in [0.2, 0.25) is 0 Å². The number of nitrogens with zero attached hydrogens (tertiary/aromatic N) is 2. The Morgan fingerprint density at radius 3 is 2.35 bits per heavy atom. The van der Waals surface area contributed by atoms with Gasteiger partial charge in [-0.1, -0.05) is 32.0 Å². The van der Waals surface area contributed by atoms with E-state index in [2.05, 4.69) is 10.4 Å². The molecule has 1 heterocycles. The maximum atomic E-state index is 13.5. The Bertz CT molecular complexity index is 786. The summed E-state index contributed by atoms with van der Waals surface area (Å²) in [7, 11) is 0. The SMILES string of the molecule is CC(C)C[C@@H](NC(=O)c1cnn(-c2ccccc2)c1C(F)(F)F)C(=O)O. The van der Waals surface area contributed by atoms with Crippen molar-refractivity contribution in [2.24, 2.45) is 5.92 Å². The molecule has 2 rings (SSSR count). The van der Waals surface area contributed by atoms with Crippen molar-refractivity contribution in [1.82, 2.24) is 15.1 Å². The molecule has 0 aliphatic heterocycles. The molecule has 0 radical (unpaired) electrons. The summed E-state index contributed by atoms with van der Waals surface area (Å²) in [6, 6.07) is 6.27. The zero-order valence-electron chi connectivity index (χ0n) is 14.1. The van der Waals surface area contributed by atoms with Crippen LogP contribution >= 0.6 is 0 Å². The van der Waals surface area contributed by atoms with Crippen LogP contribution in [0.4, 0.5) is 13.2 Å². The van der Waals surface area contributed by atoms with Gasteiger partial charge >= 0.3 is 12.1 Å². The minimum absolute atomic E-state index is 0.0643. The molecule has 0 aliphatic carbocycles. The number of carboxylic acids is 1. The van der Waals surface area contributed by atoms with Crippen LogP contribution in [0.15, 0.2) is 36.5 Å². The second kappa shape index (κ2) is 7.59. The topological polar surface area (TPSA) is 84.2 Å². The molecule has 0 aliphatic rings. The fourth-order valence-corrected chi connectivity index (χ4v) is 2.48. The number of carboxylic acid groups (broad SMARTS) is 1. The quantitative estimate of drug-likeness (QED) is 0.819. The van der Waals surface area contributed by atoms with Gasteiger partial charge in [0.1, 0.15) is 6.04 Å². The van der Waals surface area contributed by atoms with Crippen molar-refractivity contribution in [3.63, 3.8) is 0 Å². The summed E-state index contributed by atoms with van der Waals surface area (Å²) in [4.78, 5) is 23.6. The Hall–Kier alpha value is -2.84. The number of alkyl halides is 3. The van der Waals surface area contributed by atoms with Gasteiger partial charge in [-0.05, 0) is 24.5 Å². The normalized spacial score (nSPS) is 12.8. The Labute approximate surface area is 147 Å². The van der Waals surface area contributed by atoms with Crippen molar-refractivity contribution in [2.75, 3.05) is 0 Å². The second-order valence-corrected chi connectivity index (χ2v) is 6.15. The van der Waals surface area contributed by atoms with Gasteiger partial charge in [-0.3, -0.25) is 4.79 Å². The molecular weight excluding hydrogens is 351 g/mol. The maximum absolute atomic E-state index is 13.5. The van der Waals surface area contributed by atoms with Gasteiger partial charge in [-0.2, -0.15) is 18.3 Å². The van der Waals surface area contributed by atoms with Crippen molar-refractivity contribution in [3.8, 4) is 5.69 Å². The minimum atomic E-state index is -4.85. The van der Waals surface area contributed by atoms with Crippen molar-refractivity contribution < 1.29 is 27.9 Å². The number of aromatic nitrogens is 2. The minimum Gasteiger partial charge on any atom is -0.480 e. The Balaban J connectivity index is 2.42. The lowest BCUT2D eigenvalue weighted by atomic mass is 10.0. The van der Waals surface area contributed by atoms with E-state index < -0.39 is 35.4 Å². The number of nitrogens with one attached hydrogen (secondary N) is 1. The van der Waals surface area contributed by atoms with E-state index in [0.717, 1.165) is 6.20 Å². The molecule has 6 nitrogen and oxygen atoms in total. The van der Waals surface area contributed by atoms with Crippen LogP contribution in [-0.2, 0) is 11.0 Å². The lowest BCUT2D eigenvalue weighted by Crippen LogP contribution is -2.42. The highest BCUT2D eigenvalue weighted by atomic mass is 19.4. The van der Waals surface area contributed by atoms with Crippen molar-refractivity contribution in [2.45, 2.75) is 32.5 Å². The zero-order chi connectivity index (χ0) is 19.5. The highest BCUT2D eigenvalue weighted by molar-refractivity contribution is 5.97. The van der Waals surface area contributed by atoms with Gasteiger partial charge in [-0.15, -0.1) is 0 Å². The first-order valence-electron chi connectivity index (χ1n) is 7.85. The number of hydrogen-bond acceptors (Lipinski definition) is 3. The molecule has 1 aromatic heterocycles. The second-order valence-electron chi connectivity index (χ2n) is 6.15. The summed E-state index contributed by atoms with van der Waals surface area (Å²) in [5.74, 6) is -2.51. The van der Waals surface area contributed by atoms with E-state index >= 15 is 0 Å². The fourth-order valence-electron chi connectivity index (χ4n) is 2.48. The average Bonchev–Trinajstić information content (AvgIpc) is 3.00. The molecule has 9 heteroatoms. The van der Waals surface area contributed by atoms with E-state index in [1.165, 1.54) is 12.1 Å².